The maximum absolute atomic E-state index is 11.9. The largest absolute Gasteiger partial charge is 0.289 e. The molecule has 0 spiro atoms. The molecule has 4 nitrogen and oxygen atoms in total. The molecule has 0 fully saturated rings. The summed E-state index contributed by atoms with van der Waals surface area (Å²) in [6.07, 6.45) is 8.28. The van der Waals surface area contributed by atoms with Gasteiger partial charge in [-0.2, -0.15) is 5.10 Å². The van der Waals surface area contributed by atoms with Gasteiger partial charge in [0.15, 0.2) is 5.78 Å². The molecular formula is C15H17N3O. The lowest BCUT2D eigenvalue weighted by Crippen LogP contribution is -2.13. The van der Waals surface area contributed by atoms with E-state index in [0.29, 0.717) is 5.56 Å². The normalized spacial score (nSPS) is 11.9. The van der Waals surface area contributed by atoms with Crippen molar-refractivity contribution in [2.45, 2.75) is 26.2 Å². The van der Waals surface area contributed by atoms with Gasteiger partial charge in [0.05, 0.1) is 6.20 Å². The summed E-state index contributed by atoms with van der Waals surface area (Å²) in [5, 5.41) is 7.02. The highest BCUT2D eigenvalue weighted by atomic mass is 16.1. The molecule has 0 unspecified atom stereocenters. The van der Waals surface area contributed by atoms with Crippen molar-refractivity contribution in [3.8, 4) is 0 Å². The summed E-state index contributed by atoms with van der Waals surface area (Å²) < 4.78 is 0. The van der Waals surface area contributed by atoms with Crippen LogP contribution >= 0.6 is 0 Å². The molecule has 2 aromatic rings. The molecule has 4 heteroatoms. The van der Waals surface area contributed by atoms with Gasteiger partial charge in [-0.3, -0.25) is 14.9 Å². The summed E-state index contributed by atoms with van der Waals surface area (Å²) in [4.78, 5) is 15.9. The topological polar surface area (TPSA) is 58.6 Å². The molecule has 0 bridgehead atoms. The second-order valence-corrected chi connectivity index (χ2v) is 5.39. The maximum Gasteiger partial charge on any atom is 0.187 e. The molecule has 0 aliphatic heterocycles. The molecule has 0 atom stereocenters. The van der Waals surface area contributed by atoms with Crippen LogP contribution in [-0.2, 0) is 5.41 Å². The standard InChI is InChI=1S/C15H17N3O/c1-15(2,3)14-12(10-17-18-14)6-7-13(19)11-5-4-8-16-9-11/h4-10H,1-3H3,(H,17,18)/b7-6+. The van der Waals surface area contributed by atoms with E-state index in [1.807, 2.05) is 0 Å². The quantitative estimate of drug-likeness (QED) is 0.677. The number of nitrogens with one attached hydrogen (secondary N) is 1. The first-order valence-corrected chi connectivity index (χ1v) is 6.15. The molecule has 98 valence electrons. The van der Waals surface area contributed by atoms with Gasteiger partial charge >= 0.3 is 0 Å². The zero-order valence-electron chi connectivity index (χ0n) is 11.3. The monoisotopic (exact) mass is 255 g/mol. The third-order valence-corrected chi connectivity index (χ3v) is 2.78. The second-order valence-electron chi connectivity index (χ2n) is 5.39. The van der Waals surface area contributed by atoms with Crippen molar-refractivity contribution in [2.24, 2.45) is 0 Å². The van der Waals surface area contributed by atoms with Crippen LogP contribution < -0.4 is 0 Å². The van der Waals surface area contributed by atoms with Crippen molar-refractivity contribution < 1.29 is 4.79 Å². The number of aromatic nitrogens is 3. The molecule has 0 amide bonds. The molecule has 0 aliphatic rings. The van der Waals surface area contributed by atoms with Crippen LogP contribution in [0.15, 0.2) is 36.8 Å². The number of hydrogen-bond acceptors (Lipinski definition) is 3. The number of rotatable bonds is 3. The van der Waals surface area contributed by atoms with E-state index in [0.717, 1.165) is 11.3 Å². The Morgan fingerprint density at radius 2 is 2.11 bits per heavy atom. The Balaban J connectivity index is 2.21. The number of allylic oxidation sites excluding steroid dienone is 1. The van der Waals surface area contributed by atoms with Crippen molar-refractivity contribution in [1.29, 1.82) is 0 Å². The smallest absolute Gasteiger partial charge is 0.187 e. The second kappa shape index (κ2) is 5.18. The van der Waals surface area contributed by atoms with E-state index in [-0.39, 0.29) is 11.2 Å². The number of aromatic amines is 1. The average molecular weight is 255 g/mol. The van der Waals surface area contributed by atoms with E-state index >= 15 is 0 Å². The fourth-order valence-electron chi connectivity index (χ4n) is 1.79. The van der Waals surface area contributed by atoms with Gasteiger partial charge in [-0.1, -0.05) is 20.8 Å². The van der Waals surface area contributed by atoms with Gasteiger partial charge in [0, 0.05) is 34.6 Å². The summed E-state index contributed by atoms with van der Waals surface area (Å²) in [7, 11) is 0. The van der Waals surface area contributed by atoms with Crippen LogP contribution in [0.25, 0.3) is 6.08 Å². The highest BCUT2D eigenvalue weighted by Gasteiger charge is 2.18. The summed E-state index contributed by atoms with van der Waals surface area (Å²) >= 11 is 0. The van der Waals surface area contributed by atoms with Gasteiger partial charge in [0.1, 0.15) is 0 Å². The number of H-pyrrole nitrogens is 1. The molecule has 1 N–H and O–H groups in total. The van der Waals surface area contributed by atoms with E-state index in [1.165, 1.54) is 0 Å². The lowest BCUT2D eigenvalue weighted by atomic mass is 9.89. The molecule has 2 rings (SSSR count). The summed E-state index contributed by atoms with van der Waals surface area (Å²) in [6.45, 7) is 6.29. The molecular weight excluding hydrogens is 238 g/mol. The first-order valence-electron chi connectivity index (χ1n) is 6.15. The predicted molar refractivity (Wildman–Crippen MR) is 74.9 cm³/mol. The molecule has 2 aromatic heterocycles. The van der Waals surface area contributed by atoms with E-state index in [9.17, 15) is 4.79 Å². The highest BCUT2D eigenvalue weighted by Crippen LogP contribution is 2.24. The predicted octanol–water partition coefficient (Wildman–Crippen LogP) is 3.00. The van der Waals surface area contributed by atoms with Crippen LogP contribution in [0.2, 0.25) is 0 Å². The number of carbonyl (C=O) groups excluding carboxylic acids is 1. The number of hydrogen-bond donors (Lipinski definition) is 1. The fraction of sp³-hybridized carbons (Fsp3) is 0.267. The molecule has 19 heavy (non-hydrogen) atoms. The van der Waals surface area contributed by atoms with E-state index in [1.54, 1.807) is 42.9 Å². The van der Waals surface area contributed by atoms with Crippen molar-refractivity contribution in [2.75, 3.05) is 0 Å². The SMILES string of the molecule is CC(C)(C)c1[nH]ncc1/C=C/C(=O)c1cccnc1. The summed E-state index contributed by atoms with van der Waals surface area (Å²) in [6, 6.07) is 3.50. The minimum atomic E-state index is -0.0610. The van der Waals surface area contributed by atoms with Gasteiger partial charge in [-0.05, 0) is 24.3 Å². The first kappa shape index (κ1) is 13.2. The van der Waals surface area contributed by atoms with Crippen LogP contribution in [0.3, 0.4) is 0 Å². The van der Waals surface area contributed by atoms with Crippen LogP contribution in [0.5, 0.6) is 0 Å². The molecule has 2 heterocycles. The Kier molecular flexibility index (Phi) is 3.60. The number of nitrogens with zero attached hydrogens (tertiary/aromatic N) is 2. The minimum absolute atomic E-state index is 0.0342. The van der Waals surface area contributed by atoms with Crippen LogP contribution in [0.1, 0.15) is 42.4 Å². The molecule has 0 aromatic carbocycles. The van der Waals surface area contributed by atoms with Gasteiger partial charge in [-0.25, -0.2) is 0 Å². The van der Waals surface area contributed by atoms with Gasteiger partial charge in [-0.15, -0.1) is 0 Å². The lowest BCUT2D eigenvalue weighted by molar-refractivity contribution is 0.104. The van der Waals surface area contributed by atoms with Crippen molar-refractivity contribution >= 4 is 11.9 Å². The average Bonchev–Trinajstić information content (AvgIpc) is 2.85. The zero-order valence-corrected chi connectivity index (χ0v) is 11.3. The third kappa shape index (κ3) is 3.16. The van der Waals surface area contributed by atoms with Gasteiger partial charge in [0.25, 0.3) is 0 Å². The van der Waals surface area contributed by atoms with E-state index in [4.69, 9.17) is 0 Å². The third-order valence-electron chi connectivity index (χ3n) is 2.78. The molecule has 0 saturated carbocycles. The Hall–Kier alpha value is -2.23. The summed E-state index contributed by atoms with van der Waals surface area (Å²) in [5.41, 5.74) is 2.50. The Morgan fingerprint density at radius 1 is 1.32 bits per heavy atom. The maximum atomic E-state index is 11.9. The Morgan fingerprint density at radius 3 is 2.74 bits per heavy atom. The van der Waals surface area contributed by atoms with E-state index < -0.39 is 0 Å². The minimum Gasteiger partial charge on any atom is -0.289 e. The first-order chi connectivity index (χ1) is 8.98. The lowest BCUT2D eigenvalue weighted by Gasteiger charge is -2.17. The Labute approximate surface area is 112 Å². The van der Waals surface area contributed by atoms with Gasteiger partial charge in [0.2, 0.25) is 0 Å². The highest BCUT2D eigenvalue weighted by molar-refractivity contribution is 6.06. The Bertz CT molecular complexity index is 591. The number of pyridine rings is 1. The number of carbonyl (C=O) groups is 1. The van der Waals surface area contributed by atoms with Crippen molar-refractivity contribution in [1.82, 2.24) is 15.2 Å². The van der Waals surface area contributed by atoms with Crippen LogP contribution in [0.4, 0.5) is 0 Å². The van der Waals surface area contributed by atoms with E-state index in [2.05, 4.69) is 36.0 Å². The van der Waals surface area contributed by atoms with Crippen LogP contribution in [0, 0.1) is 0 Å². The number of ketones is 1. The van der Waals surface area contributed by atoms with Gasteiger partial charge < -0.3 is 0 Å². The summed E-state index contributed by atoms with van der Waals surface area (Å²) in [5.74, 6) is -0.0610. The zero-order chi connectivity index (χ0) is 13.9. The fourth-order valence-corrected chi connectivity index (χ4v) is 1.79. The van der Waals surface area contributed by atoms with Crippen LogP contribution in [-0.4, -0.2) is 21.0 Å². The van der Waals surface area contributed by atoms with Crippen molar-refractivity contribution in [3.05, 3.63) is 53.6 Å². The van der Waals surface area contributed by atoms with Crippen molar-refractivity contribution in [3.63, 3.8) is 0 Å². The molecule has 0 radical (unpaired) electrons. The molecule has 0 aliphatic carbocycles. The molecule has 0 saturated heterocycles.